The molecule has 0 aromatic heterocycles. The number of thiocarbonyl (C=S) groups is 1. The summed E-state index contributed by atoms with van der Waals surface area (Å²) in [5, 5.41) is 0. The number of rotatable bonds is 8. The highest BCUT2D eigenvalue weighted by Gasteiger charge is 2.13. The van der Waals surface area contributed by atoms with Crippen LogP contribution in [0.25, 0.3) is 0 Å². The van der Waals surface area contributed by atoms with Crippen molar-refractivity contribution in [1.82, 2.24) is 9.80 Å². The smallest absolute Gasteiger partial charge is 0.236 e. The van der Waals surface area contributed by atoms with E-state index in [1.807, 2.05) is 7.05 Å². The molecule has 17 heavy (non-hydrogen) atoms. The fourth-order valence-electron chi connectivity index (χ4n) is 1.48. The SMILES string of the molecule is CCC(C)CN(C)CC(=O)N(C)CCC(N)=S. The van der Waals surface area contributed by atoms with E-state index in [-0.39, 0.29) is 5.91 Å². The van der Waals surface area contributed by atoms with Crippen LogP contribution in [-0.4, -0.2) is 54.4 Å². The van der Waals surface area contributed by atoms with Gasteiger partial charge in [0.05, 0.1) is 11.5 Å². The first-order chi connectivity index (χ1) is 7.86. The molecule has 0 aliphatic heterocycles. The van der Waals surface area contributed by atoms with Crippen molar-refractivity contribution >= 4 is 23.1 Å². The molecular weight excluding hydrogens is 234 g/mol. The second-order valence-corrected chi connectivity index (χ2v) is 5.27. The summed E-state index contributed by atoms with van der Waals surface area (Å²) >= 11 is 4.79. The van der Waals surface area contributed by atoms with Crippen molar-refractivity contribution in [2.45, 2.75) is 26.7 Å². The van der Waals surface area contributed by atoms with Crippen molar-refractivity contribution in [2.75, 3.05) is 33.7 Å². The molecule has 0 rings (SSSR count). The molecule has 0 radical (unpaired) electrons. The van der Waals surface area contributed by atoms with E-state index in [2.05, 4.69) is 18.7 Å². The van der Waals surface area contributed by atoms with Gasteiger partial charge in [0.25, 0.3) is 0 Å². The van der Waals surface area contributed by atoms with E-state index in [9.17, 15) is 4.79 Å². The van der Waals surface area contributed by atoms with Gasteiger partial charge in [0.1, 0.15) is 0 Å². The van der Waals surface area contributed by atoms with Crippen LogP contribution in [0.5, 0.6) is 0 Å². The summed E-state index contributed by atoms with van der Waals surface area (Å²) in [6.45, 7) is 6.36. The molecule has 0 aliphatic carbocycles. The molecular formula is C12H25N3OS. The van der Waals surface area contributed by atoms with Gasteiger partial charge in [-0.3, -0.25) is 9.69 Å². The highest BCUT2D eigenvalue weighted by Crippen LogP contribution is 2.02. The molecule has 0 bridgehead atoms. The van der Waals surface area contributed by atoms with Crippen LogP contribution in [0.4, 0.5) is 0 Å². The zero-order valence-electron chi connectivity index (χ0n) is 11.4. The molecule has 2 N–H and O–H groups in total. The van der Waals surface area contributed by atoms with Crippen molar-refractivity contribution in [3.63, 3.8) is 0 Å². The maximum Gasteiger partial charge on any atom is 0.236 e. The Morgan fingerprint density at radius 1 is 1.41 bits per heavy atom. The number of likely N-dealkylation sites (N-methyl/N-ethyl adjacent to an activating group) is 2. The molecule has 1 amide bonds. The monoisotopic (exact) mass is 259 g/mol. The highest BCUT2D eigenvalue weighted by atomic mass is 32.1. The second-order valence-electron chi connectivity index (χ2n) is 4.74. The summed E-state index contributed by atoms with van der Waals surface area (Å²) in [7, 11) is 3.77. The summed E-state index contributed by atoms with van der Waals surface area (Å²) in [6, 6.07) is 0. The molecule has 0 fully saturated rings. The fourth-order valence-corrected chi connectivity index (χ4v) is 1.57. The van der Waals surface area contributed by atoms with Crippen LogP contribution < -0.4 is 5.73 Å². The second kappa shape index (κ2) is 8.42. The van der Waals surface area contributed by atoms with Gasteiger partial charge in [-0.1, -0.05) is 32.5 Å². The average Bonchev–Trinajstić information content (AvgIpc) is 2.25. The summed E-state index contributed by atoms with van der Waals surface area (Å²) in [6.07, 6.45) is 1.72. The molecule has 100 valence electrons. The van der Waals surface area contributed by atoms with E-state index < -0.39 is 0 Å². The van der Waals surface area contributed by atoms with E-state index in [4.69, 9.17) is 18.0 Å². The molecule has 1 unspecified atom stereocenters. The van der Waals surface area contributed by atoms with Crippen LogP contribution >= 0.6 is 12.2 Å². The van der Waals surface area contributed by atoms with Crippen molar-refractivity contribution < 1.29 is 4.79 Å². The number of hydrogen-bond donors (Lipinski definition) is 1. The molecule has 0 aromatic rings. The minimum absolute atomic E-state index is 0.118. The maximum absolute atomic E-state index is 11.8. The number of nitrogens with zero attached hydrogens (tertiary/aromatic N) is 2. The molecule has 0 aliphatic rings. The summed E-state index contributed by atoms with van der Waals surface area (Å²) in [5.74, 6) is 0.738. The Kier molecular flexibility index (Phi) is 8.08. The van der Waals surface area contributed by atoms with Gasteiger partial charge in [0, 0.05) is 26.6 Å². The van der Waals surface area contributed by atoms with Crippen molar-refractivity contribution in [3.05, 3.63) is 0 Å². The number of hydrogen-bond acceptors (Lipinski definition) is 3. The Balaban J connectivity index is 3.94. The third-order valence-corrected chi connectivity index (χ3v) is 3.05. The predicted octanol–water partition coefficient (Wildman–Crippen LogP) is 1.10. The molecule has 0 aromatic carbocycles. The first-order valence-electron chi connectivity index (χ1n) is 6.07. The lowest BCUT2D eigenvalue weighted by molar-refractivity contribution is -0.130. The molecule has 0 spiro atoms. The lowest BCUT2D eigenvalue weighted by atomic mass is 10.1. The van der Waals surface area contributed by atoms with Crippen LogP contribution in [0, 0.1) is 5.92 Å². The van der Waals surface area contributed by atoms with Gasteiger partial charge in [-0.15, -0.1) is 0 Å². The van der Waals surface area contributed by atoms with Crippen LogP contribution in [0.15, 0.2) is 0 Å². The Hall–Kier alpha value is -0.680. The topological polar surface area (TPSA) is 49.6 Å². The van der Waals surface area contributed by atoms with Gasteiger partial charge in [0.2, 0.25) is 5.91 Å². The lowest BCUT2D eigenvalue weighted by Gasteiger charge is -2.23. The van der Waals surface area contributed by atoms with Crippen LogP contribution in [-0.2, 0) is 4.79 Å². The average molecular weight is 259 g/mol. The number of carbonyl (C=O) groups is 1. The Bertz CT molecular complexity index is 258. The Labute approximate surface area is 110 Å². The lowest BCUT2D eigenvalue weighted by Crippen LogP contribution is -2.39. The molecule has 0 heterocycles. The maximum atomic E-state index is 11.8. The largest absolute Gasteiger partial charge is 0.393 e. The number of nitrogens with two attached hydrogens (primary N) is 1. The van der Waals surface area contributed by atoms with E-state index in [0.717, 1.165) is 13.0 Å². The minimum Gasteiger partial charge on any atom is -0.393 e. The van der Waals surface area contributed by atoms with E-state index in [1.54, 1.807) is 11.9 Å². The van der Waals surface area contributed by atoms with Crippen LogP contribution in [0.2, 0.25) is 0 Å². The quantitative estimate of drug-likeness (QED) is 0.663. The Morgan fingerprint density at radius 3 is 2.47 bits per heavy atom. The van der Waals surface area contributed by atoms with Gasteiger partial charge in [-0.2, -0.15) is 0 Å². The van der Waals surface area contributed by atoms with Gasteiger partial charge in [-0.05, 0) is 13.0 Å². The van der Waals surface area contributed by atoms with Crippen molar-refractivity contribution in [1.29, 1.82) is 0 Å². The number of carbonyl (C=O) groups excluding carboxylic acids is 1. The zero-order valence-corrected chi connectivity index (χ0v) is 12.2. The summed E-state index contributed by atoms with van der Waals surface area (Å²) in [4.78, 5) is 16.0. The zero-order chi connectivity index (χ0) is 13.4. The van der Waals surface area contributed by atoms with Gasteiger partial charge >= 0.3 is 0 Å². The van der Waals surface area contributed by atoms with Crippen LogP contribution in [0.3, 0.4) is 0 Å². The molecule has 0 saturated carbocycles. The van der Waals surface area contributed by atoms with Gasteiger partial charge < -0.3 is 10.6 Å². The fraction of sp³-hybridized carbons (Fsp3) is 0.833. The number of amides is 1. The van der Waals surface area contributed by atoms with E-state index >= 15 is 0 Å². The first-order valence-corrected chi connectivity index (χ1v) is 6.48. The molecule has 4 nitrogen and oxygen atoms in total. The van der Waals surface area contributed by atoms with Gasteiger partial charge in [0.15, 0.2) is 0 Å². The molecule has 5 heteroatoms. The normalized spacial score (nSPS) is 12.5. The standard InChI is InChI=1S/C12H25N3OS/c1-5-10(2)8-14(3)9-12(16)15(4)7-6-11(13)17/h10H,5-9H2,1-4H3,(H2,13,17). The summed E-state index contributed by atoms with van der Waals surface area (Å²) < 4.78 is 0. The Morgan fingerprint density at radius 2 is 2.00 bits per heavy atom. The predicted molar refractivity (Wildman–Crippen MR) is 76.0 cm³/mol. The summed E-state index contributed by atoms with van der Waals surface area (Å²) in [5.41, 5.74) is 5.41. The third kappa shape index (κ3) is 8.10. The highest BCUT2D eigenvalue weighted by molar-refractivity contribution is 7.80. The first kappa shape index (κ1) is 16.3. The van der Waals surface area contributed by atoms with Crippen LogP contribution in [0.1, 0.15) is 26.7 Å². The van der Waals surface area contributed by atoms with E-state index in [0.29, 0.717) is 30.4 Å². The molecule has 0 saturated heterocycles. The van der Waals surface area contributed by atoms with Crippen molar-refractivity contribution in [3.8, 4) is 0 Å². The third-order valence-electron chi connectivity index (χ3n) is 2.84. The van der Waals surface area contributed by atoms with Crippen molar-refractivity contribution in [2.24, 2.45) is 11.7 Å². The molecule has 1 atom stereocenters. The van der Waals surface area contributed by atoms with E-state index in [1.165, 1.54) is 0 Å². The van der Waals surface area contributed by atoms with Gasteiger partial charge in [-0.25, -0.2) is 0 Å². The minimum atomic E-state index is 0.118.